The molecule has 0 bridgehead atoms. The van der Waals surface area contributed by atoms with E-state index in [0.29, 0.717) is 39.1 Å². The third-order valence-electron chi connectivity index (χ3n) is 2.60. The van der Waals surface area contributed by atoms with E-state index in [-0.39, 0.29) is 5.69 Å². The van der Waals surface area contributed by atoms with Gasteiger partial charge in [0.1, 0.15) is 10.8 Å². The van der Waals surface area contributed by atoms with Gasteiger partial charge in [0.2, 0.25) is 0 Å². The average molecular weight is 348 g/mol. The molecule has 0 fully saturated rings. The molecule has 0 atom stereocenters. The molecule has 0 aliphatic heterocycles. The van der Waals surface area contributed by atoms with E-state index in [1.165, 1.54) is 11.8 Å². The van der Waals surface area contributed by atoms with Crippen LogP contribution in [0.1, 0.15) is 20.3 Å². The van der Waals surface area contributed by atoms with Gasteiger partial charge in [-0.15, -0.1) is 5.10 Å². The van der Waals surface area contributed by atoms with E-state index in [1.54, 1.807) is 10.6 Å². The summed E-state index contributed by atoms with van der Waals surface area (Å²) in [5, 5.41) is 11.5. The van der Waals surface area contributed by atoms with Gasteiger partial charge in [-0.3, -0.25) is 4.57 Å². The minimum Gasteiger partial charge on any atom is -0.369 e. The lowest BCUT2D eigenvalue weighted by molar-refractivity contribution is 0.603. The van der Waals surface area contributed by atoms with Gasteiger partial charge in [0, 0.05) is 13.1 Å². The second-order valence-corrected chi connectivity index (χ2v) is 5.97. The zero-order chi connectivity index (χ0) is 15.4. The van der Waals surface area contributed by atoms with Crippen molar-refractivity contribution in [2.45, 2.75) is 37.0 Å². The third-order valence-corrected chi connectivity index (χ3v) is 4.29. The second-order valence-electron chi connectivity index (χ2n) is 4.20. The number of H-pyrrole nitrogens is 1. The topological polar surface area (TPSA) is 75.6 Å². The maximum Gasteiger partial charge on any atom is 0.343 e. The van der Waals surface area contributed by atoms with Crippen LogP contribution in [0.5, 0.6) is 0 Å². The summed E-state index contributed by atoms with van der Waals surface area (Å²) in [4.78, 5) is 16.1. The van der Waals surface area contributed by atoms with Gasteiger partial charge in [0.25, 0.3) is 0 Å². The van der Waals surface area contributed by atoms with Gasteiger partial charge in [-0.1, -0.05) is 30.1 Å². The minimum atomic E-state index is -0.239. The number of halogens is 2. The molecule has 2 aromatic rings. The van der Waals surface area contributed by atoms with Crippen molar-refractivity contribution in [2.24, 2.45) is 0 Å². The highest BCUT2D eigenvalue weighted by atomic mass is 35.5. The lowest BCUT2D eigenvalue weighted by Crippen LogP contribution is -2.17. The molecular weight excluding hydrogens is 333 g/mol. The van der Waals surface area contributed by atoms with Gasteiger partial charge >= 0.3 is 5.69 Å². The fourth-order valence-corrected chi connectivity index (χ4v) is 3.08. The SMILES string of the molecule is CCCn1c(Sc2nc(NCC)c(Cl)cc2Cl)n[nH]c1=O. The maximum absolute atomic E-state index is 11.7. The number of aromatic nitrogens is 4. The molecule has 2 aromatic heterocycles. The number of pyridine rings is 1. The Morgan fingerprint density at radius 1 is 1.38 bits per heavy atom. The standard InChI is InChI=1S/C12H15Cl2N5OS/c1-3-5-19-11(20)17-18-12(19)21-10-8(14)6-7(13)9(16-10)15-4-2/h6H,3-5H2,1-2H3,(H,15,16)(H,17,20). The number of aromatic amines is 1. The molecule has 0 amide bonds. The van der Waals surface area contributed by atoms with Gasteiger partial charge in [-0.2, -0.15) is 0 Å². The van der Waals surface area contributed by atoms with Crippen molar-refractivity contribution >= 4 is 40.8 Å². The summed E-state index contributed by atoms with van der Waals surface area (Å²) in [6, 6.07) is 1.63. The summed E-state index contributed by atoms with van der Waals surface area (Å²) in [6.45, 7) is 5.22. The van der Waals surface area contributed by atoms with Crippen molar-refractivity contribution < 1.29 is 0 Å². The number of hydrogen-bond acceptors (Lipinski definition) is 5. The van der Waals surface area contributed by atoms with E-state index in [1.807, 2.05) is 13.8 Å². The summed E-state index contributed by atoms with van der Waals surface area (Å²) >= 11 is 13.5. The molecule has 2 rings (SSSR count). The van der Waals surface area contributed by atoms with Gasteiger partial charge in [-0.25, -0.2) is 14.9 Å². The Balaban J connectivity index is 2.35. The molecule has 114 valence electrons. The summed E-state index contributed by atoms with van der Waals surface area (Å²) in [5.41, 5.74) is -0.239. The molecule has 2 heterocycles. The maximum atomic E-state index is 11.7. The predicted octanol–water partition coefficient (Wildman–Crippen LogP) is 3.27. The largest absolute Gasteiger partial charge is 0.369 e. The van der Waals surface area contributed by atoms with E-state index < -0.39 is 0 Å². The molecule has 0 aromatic carbocycles. The summed E-state index contributed by atoms with van der Waals surface area (Å²) in [5.74, 6) is 0.561. The van der Waals surface area contributed by atoms with Gasteiger partial charge in [0.15, 0.2) is 5.16 Å². The molecule has 9 heteroatoms. The normalized spacial score (nSPS) is 10.9. The first-order valence-electron chi connectivity index (χ1n) is 6.49. The van der Waals surface area contributed by atoms with E-state index in [9.17, 15) is 4.79 Å². The van der Waals surface area contributed by atoms with Crippen LogP contribution >= 0.6 is 35.0 Å². The first-order chi connectivity index (χ1) is 10.1. The van der Waals surface area contributed by atoms with Crippen LogP contribution in [0.25, 0.3) is 0 Å². The van der Waals surface area contributed by atoms with Crippen LogP contribution in [0, 0.1) is 0 Å². The van der Waals surface area contributed by atoms with E-state index in [0.717, 1.165) is 6.42 Å². The highest BCUT2D eigenvalue weighted by molar-refractivity contribution is 7.99. The molecule has 0 spiro atoms. The van der Waals surface area contributed by atoms with E-state index in [4.69, 9.17) is 23.2 Å². The first kappa shape index (κ1) is 16.2. The van der Waals surface area contributed by atoms with Gasteiger partial charge in [-0.05, 0) is 31.2 Å². The Hall–Kier alpha value is -1.18. The first-order valence-corrected chi connectivity index (χ1v) is 8.07. The molecule has 0 saturated carbocycles. The zero-order valence-corrected chi connectivity index (χ0v) is 13.9. The average Bonchev–Trinajstić information content (AvgIpc) is 2.77. The molecule has 21 heavy (non-hydrogen) atoms. The van der Waals surface area contributed by atoms with Crippen molar-refractivity contribution in [3.63, 3.8) is 0 Å². The number of hydrogen-bond donors (Lipinski definition) is 2. The van der Waals surface area contributed by atoms with Crippen LogP contribution in [0.3, 0.4) is 0 Å². The molecule has 6 nitrogen and oxygen atoms in total. The third kappa shape index (κ3) is 3.72. The minimum absolute atomic E-state index is 0.239. The van der Waals surface area contributed by atoms with Crippen LogP contribution in [0.4, 0.5) is 5.82 Å². The fraction of sp³-hybridized carbons (Fsp3) is 0.417. The monoisotopic (exact) mass is 347 g/mol. The molecule has 0 radical (unpaired) electrons. The number of rotatable bonds is 6. The Bertz CT molecular complexity index is 685. The van der Waals surface area contributed by atoms with Crippen LogP contribution in [-0.4, -0.2) is 26.3 Å². The summed E-state index contributed by atoms with van der Waals surface area (Å²) < 4.78 is 1.56. The summed E-state index contributed by atoms with van der Waals surface area (Å²) in [7, 11) is 0. The molecule has 2 N–H and O–H groups in total. The van der Waals surface area contributed by atoms with Gasteiger partial charge in [0.05, 0.1) is 10.0 Å². The Morgan fingerprint density at radius 3 is 2.81 bits per heavy atom. The van der Waals surface area contributed by atoms with Crippen LogP contribution < -0.4 is 11.0 Å². The van der Waals surface area contributed by atoms with Crippen molar-refractivity contribution in [2.75, 3.05) is 11.9 Å². The van der Waals surface area contributed by atoms with E-state index >= 15 is 0 Å². The summed E-state index contributed by atoms with van der Waals surface area (Å²) in [6.07, 6.45) is 0.831. The Kier molecular flexibility index (Phi) is 5.55. The molecular formula is C12H15Cl2N5OS. The molecule has 0 aliphatic carbocycles. The number of anilines is 1. The highest BCUT2D eigenvalue weighted by Gasteiger charge is 2.15. The van der Waals surface area contributed by atoms with Crippen molar-refractivity contribution in [1.29, 1.82) is 0 Å². The van der Waals surface area contributed by atoms with Crippen LogP contribution in [0.2, 0.25) is 10.0 Å². The number of nitrogens with zero attached hydrogens (tertiary/aromatic N) is 3. The Labute approximate surface area is 136 Å². The fourth-order valence-electron chi connectivity index (χ4n) is 1.70. The quantitative estimate of drug-likeness (QED) is 0.838. The van der Waals surface area contributed by atoms with E-state index in [2.05, 4.69) is 20.5 Å². The molecule has 0 unspecified atom stereocenters. The lowest BCUT2D eigenvalue weighted by atomic mass is 10.4. The molecule has 0 saturated heterocycles. The highest BCUT2D eigenvalue weighted by Crippen LogP contribution is 2.34. The predicted molar refractivity (Wildman–Crippen MR) is 85.7 cm³/mol. The van der Waals surface area contributed by atoms with Gasteiger partial charge < -0.3 is 5.32 Å². The van der Waals surface area contributed by atoms with Crippen molar-refractivity contribution in [3.8, 4) is 0 Å². The second kappa shape index (κ2) is 7.20. The number of nitrogens with one attached hydrogen (secondary N) is 2. The van der Waals surface area contributed by atoms with Crippen molar-refractivity contribution in [3.05, 3.63) is 26.6 Å². The molecule has 0 aliphatic rings. The smallest absolute Gasteiger partial charge is 0.343 e. The Morgan fingerprint density at radius 2 is 2.14 bits per heavy atom. The van der Waals surface area contributed by atoms with Crippen molar-refractivity contribution in [1.82, 2.24) is 19.7 Å². The van der Waals surface area contributed by atoms with Crippen LogP contribution in [0.15, 0.2) is 21.0 Å². The van der Waals surface area contributed by atoms with Crippen LogP contribution in [-0.2, 0) is 6.54 Å². The lowest BCUT2D eigenvalue weighted by Gasteiger charge is -2.09. The zero-order valence-electron chi connectivity index (χ0n) is 11.6.